The Hall–Kier alpha value is -2.74. The molecule has 0 saturated heterocycles. The lowest BCUT2D eigenvalue weighted by molar-refractivity contribution is 0.256. The van der Waals surface area contributed by atoms with Gasteiger partial charge in [-0.1, -0.05) is 118 Å². The van der Waals surface area contributed by atoms with E-state index in [-0.39, 0.29) is 0 Å². The molecule has 0 aliphatic heterocycles. The predicted molar refractivity (Wildman–Crippen MR) is 159 cm³/mol. The summed E-state index contributed by atoms with van der Waals surface area (Å²) in [7, 11) is 0. The zero-order chi connectivity index (χ0) is 27.0. The van der Waals surface area contributed by atoms with Gasteiger partial charge in [0.1, 0.15) is 0 Å². The lowest BCUT2D eigenvalue weighted by Crippen LogP contribution is -2.31. The fourth-order valence-electron chi connectivity index (χ4n) is 4.88. The summed E-state index contributed by atoms with van der Waals surface area (Å²) >= 11 is 3.48. The number of H-pyrrole nitrogens is 1. The number of hydrogen-bond donors (Lipinski definition) is 2. The van der Waals surface area contributed by atoms with E-state index in [1.807, 2.05) is 30.3 Å². The molecule has 3 rings (SSSR count). The Balaban J connectivity index is 1.39. The maximum atomic E-state index is 12.5. The van der Waals surface area contributed by atoms with Crippen molar-refractivity contribution < 1.29 is 4.79 Å². The summed E-state index contributed by atoms with van der Waals surface area (Å²) in [5.74, 6) is 0.391. The number of aromatic amines is 1. The van der Waals surface area contributed by atoms with E-state index in [9.17, 15) is 4.79 Å². The number of carbonyl (C=O) groups excluding carboxylic acids is 1. The first-order valence-corrected chi connectivity index (χ1v) is 15.1. The summed E-state index contributed by atoms with van der Waals surface area (Å²) in [5, 5.41) is 14.3. The van der Waals surface area contributed by atoms with Gasteiger partial charge in [0.25, 0.3) is 0 Å². The summed E-state index contributed by atoms with van der Waals surface area (Å²) < 4.78 is 0.842. The topological polar surface area (TPSA) is 101 Å². The fourth-order valence-corrected chi connectivity index (χ4v) is 5.24. The number of benzene rings is 2. The molecule has 0 unspecified atom stereocenters. The van der Waals surface area contributed by atoms with Crippen molar-refractivity contribution in [2.24, 2.45) is 5.73 Å². The summed E-state index contributed by atoms with van der Waals surface area (Å²) in [4.78, 5) is 14.0. The highest BCUT2D eigenvalue weighted by molar-refractivity contribution is 9.10. The molecule has 0 radical (unpaired) electrons. The zero-order valence-corrected chi connectivity index (χ0v) is 24.4. The molecular formula is C30H43BrN6O. The molecule has 0 spiro atoms. The van der Waals surface area contributed by atoms with E-state index < -0.39 is 6.03 Å². The quantitative estimate of drug-likeness (QED) is 0.146. The van der Waals surface area contributed by atoms with Crippen molar-refractivity contribution in [2.45, 2.75) is 103 Å². The molecule has 38 heavy (non-hydrogen) atoms. The molecule has 0 aliphatic carbocycles. The van der Waals surface area contributed by atoms with Crippen LogP contribution < -0.4 is 10.6 Å². The second kappa shape index (κ2) is 17.0. The largest absolute Gasteiger partial charge is 0.351 e. The number of unbranched alkanes of at least 4 members (excludes halogenated alkanes) is 13. The monoisotopic (exact) mass is 582 g/mol. The number of rotatable bonds is 18. The van der Waals surface area contributed by atoms with Gasteiger partial charge in [-0.2, -0.15) is 5.21 Å². The fraction of sp³-hybridized carbons (Fsp3) is 0.533. The average Bonchev–Trinajstić information content (AvgIpc) is 3.45. The molecular weight excluding hydrogens is 540 g/mol. The van der Waals surface area contributed by atoms with E-state index in [4.69, 9.17) is 5.73 Å². The van der Waals surface area contributed by atoms with Gasteiger partial charge in [0.2, 0.25) is 5.82 Å². The SMILES string of the molecule is CCCCCCCCCCCCCCCCc1ccc(N(C(N)=O)c2ccc(Br)cc2-c2nn[nH]n2)cc1. The highest BCUT2D eigenvalue weighted by Crippen LogP contribution is 2.35. The number of halogens is 1. The zero-order valence-electron chi connectivity index (χ0n) is 22.8. The standard InChI is InChI=1S/C30H43BrN6O/c1-2-3-4-5-6-7-8-9-10-11-12-13-14-15-16-24-17-20-26(21-18-24)37(30(32)38)28-22-19-25(31)23-27(28)29-33-35-36-34-29/h17-23H,2-16H2,1H3,(H2,32,38)(H,33,34,35,36). The summed E-state index contributed by atoms with van der Waals surface area (Å²) in [5.41, 5.74) is 9.03. The number of carbonyl (C=O) groups is 1. The Morgan fingerprint density at radius 3 is 1.95 bits per heavy atom. The van der Waals surface area contributed by atoms with Crippen LogP contribution >= 0.6 is 15.9 Å². The second-order valence-electron chi connectivity index (χ2n) is 10.1. The maximum Gasteiger partial charge on any atom is 0.323 e. The van der Waals surface area contributed by atoms with Crippen LogP contribution in [0.2, 0.25) is 0 Å². The van der Waals surface area contributed by atoms with Gasteiger partial charge in [-0.3, -0.25) is 4.90 Å². The van der Waals surface area contributed by atoms with Gasteiger partial charge >= 0.3 is 6.03 Å². The molecule has 1 heterocycles. The first kappa shape index (κ1) is 29.8. The third kappa shape index (κ3) is 9.86. The third-order valence-electron chi connectivity index (χ3n) is 7.02. The van der Waals surface area contributed by atoms with Gasteiger partial charge in [0, 0.05) is 10.0 Å². The lowest BCUT2D eigenvalue weighted by atomic mass is 10.0. The van der Waals surface area contributed by atoms with Gasteiger partial charge in [0.05, 0.1) is 11.4 Å². The van der Waals surface area contributed by atoms with Crippen LogP contribution in [0.4, 0.5) is 16.2 Å². The molecule has 0 atom stereocenters. The van der Waals surface area contributed by atoms with E-state index in [0.717, 1.165) is 10.9 Å². The molecule has 7 nitrogen and oxygen atoms in total. The number of nitrogens with zero attached hydrogens (tertiary/aromatic N) is 4. The molecule has 3 aromatic rings. The van der Waals surface area contributed by atoms with Crippen molar-refractivity contribution in [3.8, 4) is 11.4 Å². The molecule has 0 fully saturated rings. The minimum absolute atomic E-state index is 0.391. The van der Waals surface area contributed by atoms with Gasteiger partial charge in [-0.05, 0) is 54.0 Å². The highest BCUT2D eigenvalue weighted by Gasteiger charge is 2.21. The van der Waals surface area contributed by atoms with Crippen LogP contribution in [-0.2, 0) is 6.42 Å². The molecule has 3 N–H and O–H groups in total. The number of tetrazole rings is 1. The molecule has 0 saturated carbocycles. The van der Waals surface area contributed by atoms with Gasteiger partial charge in [-0.15, -0.1) is 10.2 Å². The number of aromatic nitrogens is 4. The van der Waals surface area contributed by atoms with Crippen LogP contribution in [-0.4, -0.2) is 26.7 Å². The Morgan fingerprint density at radius 1 is 0.842 bits per heavy atom. The van der Waals surface area contributed by atoms with Gasteiger partial charge in [0.15, 0.2) is 0 Å². The minimum Gasteiger partial charge on any atom is -0.351 e. The number of amides is 2. The second-order valence-corrected chi connectivity index (χ2v) is 11.0. The van der Waals surface area contributed by atoms with E-state index in [0.29, 0.717) is 22.8 Å². The molecule has 8 heteroatoms. The van der Waals surface area contributed by atoms with Crippen LogP contribution in [0.15, 0.2) is 46.9 Å². The Labute approximate surface area is 236 Å². The normalized spacial score (nSPS) is 11.1. The van der Waals surface area contributed by atoms with Crippen LogP contribution in [0.3, 0.4) is 0 Å². The average molecular weight is 584 g/mol. The first-order chi connectivity index (χ1) is 18.6. The molecule has 0 aliphatic rings. The molecule has 2 aromatic carbocycles. The number of anilines is 2. The summed E-state index contributed by atoms with van der Waals surface area (Å²) in [6.45, 7) is 2.28. The summed E-state index contributed by atoms with van der Waals surface area (Å²) in [6.07, 6.45) is 20.1. The van der Waals surface area contributed by atoms with Gasteiger partial charge < -0.3 is 5.73 Å². The van der Waals surface area contributed by atoms with Crippen molar-refractivity contribution in [2.75, 3.05) is 4.90 Å². The number of urea groups is 1. The third-order valence-corrected chi connectivity index (χ3v) is 7.51. The minimum atomic E-state index is -0.572. The lowest BCUT2D eigenvalue weighted by Gasteiger charge is -2.23. The molecule has 0 bridgehead atoms. The van der Waals surface area contributed by atoms with Crippen molar-refractivity contribution in [3.05, 3.63) is 52.5 Å². The van der Waals surface area contributed by atoms with Crippen molar-refractivity contribution in [1.29, 1.82) is 0 Å². The first-order valence-electron chi connectivity index (χ1n) is 14.3. The predicted octanol–water partition coefficient (Wildman–Crippen LogP) is 8.87. The Kier molecular flexibility index (Phi) is 13.3. The van der Waals surface area contributed by atoms with E-state index in [1.165, 1.54) is 100 Å². The van der Waals surface area contributed by atoms with E-state index in [1.54, 1.807) is 0 Å². The van der Waals surface area contributed by atoms with E-state index >= 15 is 0 Å². The number of nitrogens with one attached hydrogen (secondary N) is 1. The molecule has 206 valence electrons. The van der Waals surface area contributed by atoms with Crippen LogP contribution in [0.1, 0.15) is 102 Å². The number of hydrogen-bond acceptors (Lipinski definition) is 4. The number of primary amides is 1. The highest BCUT2D eigenvalue weighted by atomic mass is 79.9. The van der Waals surface area contributed by atoms with Crippen molar-refractivity contribution in [1.82, 2.24) is 20.6 Å². The Morgan fingerprint density at radius 2 is 1.42 bits per heavy atom. The van der Waals surface area contributed by atoms with Crippen molar-refractivity contribution in [3.63, 3.8) is 0 Å². The maximum absolute atomic E-state index is 12.5. The molecule has 1 aromatic heterocycles. The summed E-state index contributed by atoms with van der Waals surface area (Å²) in [6, 6.07) is 13.0. The number of aryl methyl sites for hydroxylation is 1. The number of nitrogens with two attached hydrogens (primary N) is 1. The van der Waals surface area contributed by atoms with Crippen LogP contribution in [0.25, 0.3) is 11.4 Å². The van der Waals surface area contributed by atoms with E-state index in [2.05, 4.69) is 55.6 Å². The molecule has 2 amide bonds. The van der Waals surface area contributed by atoms with Gasteiger partial charge in [-0.25, -0.2) is 4.79 Å². The smallest absolute Gasteiger partial charge is 0.323 e. The van der Waals surface area contributed by atoms with Crippen LogP contribution in [0.5, 0.6) is 0 Å². The van der Waals surface area contributed by atoms with Crippen LogP contribution in [0, 0.1) is 0 Å². The Bertz CT molecular complexity index is 1070. The van der Waals surface area contributed by atoms with Crippen molar-refractivity contribution >= 4 is 33.3 Å².